The fourth-order valence-electron chi connectivity index (χ4n) is 6.27. The number of alkyl carbamates (subject to hydrolysis) is 1. The van der Waals surface area contributed by atoms with E-state index in [0.29, 0.717) is 19.5 Å². The molecule has 3 N–H and O–H groups in total. The minimum atomic E-state index is -1.40. The number of nitrogens with zero attached hydrogens (tertiary/aromatic N) is 1. The van der Waals surface area contributed by atoms with Crippen LogP contribution in [0.3, 0.4) is 0 Å². The fourth-order valence-corrected chi connectivity index (χ4v) is 6.27. The molecule has 2 fully saturated rings. The Bertz CT molecular complexity index is 1400. The Balaban J connectivity index is 1.06. The van der Waals surface area contributed by atoms with E-state index in [1.807, 2.05) is 59.5 Å². The molecule has 1 aliphatic carbocycles. The lowest BCUT2D eigenvalue weighted by molar-refractivity contribution is -0.148. The maximum absolute atomic E-state index is 13.3. The molecule has 3 unspecified atom stereocenters. The minimum absolute atomic E-state index is 0.0799. The SMILES string of the molecule is O=C(NC1COCC1C(=O)NC1(C(=O)O)CCN(Cc2ccccc2)C1)OCC1c2ccccc2-c2ccccc21. The van der Waals surface area contributed by atoms with Gasteiger partial charge in [0.2, 0.25) is 5.91 Å². The van der Waals surface area contributed by atoms with Crippen molar-refractivity contribution in [1.82, 2.24) is 15.5 Å². The van der Waals surface area contributed by atoms with Crippen LogP contribution in [-0.2, 0) is 25.6 Å². The number of hydrogen-bond donors (Lipinski definition) is 3. The lowest BCUT2D eigenvalue weighted by Gasteiger charge is -2.29. The summed E-state index contributed by atoms with van der Waals surface area (Å²) in [4.78, 5) is 40.6. The van der Waals surface area contributed by atoms with Gasteiger partial charge in [-0.2, -0.15) is 0 Å². The van der Waals surface area contributed by atoms with Crippen molar-refractivity contribution >= 4 is 18.0 Å². The second-order valence-corrected chi connectivity index (χ2v) is 11.0. The first-order chi connectivity index (χ1) is 19.9. The molecule has 2 saturated heterocycles. The number of hydrogen-bond acceptors (Lipinski definition) is 6. The highest BCUT2D eigenvalue weighted by atomic mass is 16.5. The number of carboxylic acid groups (broad SMARTS) is 1. The van der Waals surface area contributed by atoms with Crippen LogP contribution >= 0.6 is 0 Å². The van der Waals surface area contributed by atoms with Crippen LogP contribution in [0, 0.1) is 5.92 Å². The predicted molar refractivity (Wildman–Crippen MR) is 151 cm³/mol. The molecule has 0 spiro atoms. The average molecular weight is 556 g/mol. The molecule has 0 radical (unpaired) electrons. The number of nitrogens with one attached hydrogen (secondary N) is 2. The van der Waals surface area contributed by atoms with E-state index in [9.17, 15) is 19.5 Å². The van der Waals surface area contributed by atoms with Crippen molar-refractivity contribution in [2.75, 3.05) is 32.9 Å². The van der Waals surface area contributed by atoms with Gasteiger partial charge in [-0.05, 0) is 34.2 Å². The molecule has 9 nitrogen and oxygen atoms in total. The summed E-state index contributed by atoms with van der Waals surface area (Å²) in [5.41, 5.74) is 4.18. The summed E-state index contributed by atoms with van der Waals surface area (Å²) < 4.78 is 11.2. The zero-order chi connectivity index (χ0) is 28.4. The van der Waals surface area contributed by atoms with Gasteiger partial charge in [0.15, 0.2) is 5.54 Å². The highest BCUT2D eigenvalue weighted by Gasteiger charge is 2.48. The number of carbonyl (C=O) groups excluding carboxylic acids is 2. The van der Waals surface area contributed by atoms with Crippen LogP contribution in [0.25, 0.3) is 11.1 Å². The standard InChI is InChI=1S/C32H33N3O6/c36-29(34-32(30(37)38)14-15-35(20-32)16-21-8-2-1-3-9-21)27-17-40-19-28(27)33-31(39)41-18-26-24-12-6-4-10-22(24)23-11-5-7-13-25(23)26/h1-13,26-28H,14-20H2,(H,33,39)(H,34,36)(H,37,38). The van der Waals surface area contributed by atoms with E-state index < -0.39 is 35.5 Å². The van der Waals surface area contributed by atoms with Gasteiger partial charge < -0.3 is 25.2 Å². The Labute approximate surface area is 238 Å². The van der Waals surface area contributed by atoms with E-state index >= 15 is 0 Å². The van der Waals surface area contributed by atoms with Gasteiger partial charge in [0.1, 0.15) is 6.61 Å². The zero-order valence-corrected chi connectivity index (χ0v) is 22.6. The van der Waals surface area contributed by atoms with Crippen LogP contribution in [-0.4, -0.2) is 72.5 Å². The van der Waals surface area contributed by atoms with Crippen molar-refractivity contribution in [1.29, 1.82) is 0 Å². The van der Waals surface area contributed by atoms with Gasteiger partial charge in [-0.15, -0.1) is 0 Å². The van der Waals surface area contributed by atoms with Crippen LogP contribution in [0.5, 0.6) is 0 Å². The predicted octanol–water partition coefficient (Wildman–Crippen LogP) is 3.39. The van der Waals surface area contributed by atoms with Crippen molar-refractivity contribution in [2.45, 2.75) is 30.5 Å². The first-order valence-corrected chi connectivity index (χ1v) is 13.9. The molecule has 2 aliphatic heterocycles. The van der Waals surface area contributed by atoms with Crippen LogP contribution in [0.1, 0.15) is 29.0 Å². The third-order valence-electron chi connectivity index (χ3n) is 8.43. The molecular formula is C32H33N3O6. The summed E-state index contributed by atoms with van der Waals surface area (Å²) in [5.74, 6) is -2.32. The van der Waals surface area contributed by atoms with Crippen molar-refractivity contribution in [3.63, 3.8) is 0 Å². The maximum atomic E-state index is 13.3. The van der Waals surface area contributed by atoms with Gasteiger partial charge in [-0.3, -0.25) is 9.69 Å². The molecule has 3 aromatic carbocycles. The Kier molecular flexibility index (Phi) is 7.47. The highest BCUT2D eigenvalue weighted by molar-refractivity contribution is 5.89. The normalized spacial score (nSPS) is 23.5. The van der Waals surface area contributed by atoms with Crippen LogP contribution in [0.15, 0.2) is 78.9 Å². The van der Waals surface area contributed by atoms with Crippen molar-refractivity contribution < 1.29 is 29.0 Å². The fraction of sp³-hybridized carbons (Fsp3) is 0.344. The first kappa shape index (κ1) is 27.0. The number of amides is 2. The number of rotatable bonds is 8. The van der Waals surface area contributed by atoms with Gasteiger partial charge >= 0.3 is 12.1 Å². The second kappa shape index (κ2) is 11.3. The van der Waals surface area contributed by atoms with Crippen LogP contribution in [0.4, 0.5) is 4.79 Å². The Morgan fingerprint density at radius 1 is 0.927 bits per heavy atom. The Hall–Kier alpha value is -4.21. The smallest absolute Gasteiger partial charge is 0.407 e. The Morgan fingerprint density at radius 2 is 1.59 bits per heavy atom. The molecule has 41 heavy (non-hydrogen) atoms. The number of likely N-dealkylation sites (tertiary alicyclic amines) is 1. The zero-order valence-electron chi connectivity index (χ0n) is 22.6. The molecule has 2 heterocycles. The molecule has 0 bridgehead atoms. The van der Waals surface area contributed by atoms with E-state index in [2.05, 4.69) is 34.9 Å². The van der Waals surface area contributed by atoms with Gasteiger partial charge in [-0.25, -0.2) is 9.59 Å². The topological polar surface area (TPSA) is 117 Å². The number of benzene rings is 3. The Morgan fingerprint density at radius 3 is 2.27 bits per heavy atom. The van der Waals surface area contributed by atoms with Crippen LogP contribution in [0.2, 0.25) is 0 Å². The van der Waals surface area contributed by atoms with Crippen molar-refractivity contribution in [2.24, 2.45) is 5.92 Å². The molecule has 0 saturated carbocycles. The quantitative estimate of drug-likeness (QED) is 0.390. The number of carbonyl (C=O) groups is 3. The van der Waals surface area contributed by atoms with E-state index in [1.54, 1.807) is 0 Å². The molecule has 3 aromatic rings. The van der Waals surface area contributed by atoms with E-state index in [1.165, 1.54) is 0 Å². The number of carboxylic acids is 1. The van der Waals surface area contributed by atoms with E-state index in [4.69, 9.17) is 9.47 Å². The summed E-state index contributed by atoms with van der Waals surface area (Å²) in [7, 11) is 0. The third kappa shape index (κ3) is 5.42. The molecule has 0 aromatic heterocycles. The summed E-state index contributed by atoms with van der Waals surface area (Å²) in [6.45, 7) is 1.73. The minimum Gasteiger partial charge on any atom is -0.479 e. The highest BCUT2D eigenvalue weighted by Crippen LogP contribution is 2.44. The summed E-state index contributed by atoms with van der Waals surface area (Å²) in [6.07, 6.45) is -0.345. The van der Waals surface area contributed by atoms with Crippen molar-refractivity contribution in [3.8, 4) is 11.1 Å². The summed E-state index contributed by atoms with van der Waals surface area (Å²) in [5, 5.41) is 15.7. The molecule has 6 rings (SSSR count). The lowest BCUT2D eigenvalue weighted by atomic mass is 9.95. The average Bonchev–Trinajstić information content (AvgIpc) is 3.69. The van der Waals surface area contributed by atoms with Gasteiger partial charge in [0, 0.05) is 25.6 Å². The summed E-state index contributed by atoms with van der Waals surface area (Å²) in [6, 6.07) is 25.4. The number of fused-ring (bicyclic) bond motifs is 3. The maximum Gasteiger partial charge on any atom is 0.407 e. The van der Waals surface area contributed by atoms with Gasteiger partial charge in [-0.1, -0.05) is 78.9 Å². The van der Waals surface area contributed by atoms with E-state index in [-0.39, 0.29) is 32.3 Å². The molecule has 2 amide bonds. The van der Waals surface area contributed by atoms with Crippen molar-refractivity contribution in [3.05, 3.63) is 95.6 Å². The molecule has 212 valence electrons. The van der Waals surface area contributed by atoms with E-state index in [0.717, 1.165) is 27.8 Å². The monoisotopic (exact) mass is 555 g/mol. The molecule has 9 heteroatoms. The molecule has 3 aliphatic rings. The summed E-state index contributed by atoms with van der Waals surface area (Å²) >= 11 is 0. The first-order valence-electron chi connectivity index (χ1n) is 13.9. The second-order valence-electron chi connectivity index (χ2n) is 11.0. The molecule has 3 atom stereocenters. The van der Waals surface area contributed by atoms with Gasteiger partial charge in [0.25, 0.3) is 0 Å². The molecular weight excluding hydrogens is 522 g/mol. The lowest BCUT2D eigenvalue weighted by Crippen LogP contribution is -2.59. The number of ether oxygens (including phenoxy) is 2. The largest absolute Gasteiger partial charge is 0.479 e. The number of aliphatic carboxylic acids is 1. The third-order valence-corrected chi connectivity index (χ3v) is 8.43. The van der Waals surface area contributed by atoms with Gasteiger partial charge in [0.05, 0.1) is 25.2 Å². The van der Waals surface area contributed by atoms with Crippen LogP contribution < -0.4 is 10.6 Å².